The predicted molar refractivity (Wildman–Crippen MR) is 107 cm³/mol. The van der Waals surface area contributed by atoms with E-state index >= 15 is 0 Å². The highest BCUT2D eigenvalue weighted by molar-refractivity contribution is 7.80. The molecule has 0 bridgehead atoms. The molecular weight excluding hydrogens is 349 g/mol. The summed E-state index contributed by atoms with van der Waals surface area (Å²) < 4.78 is 18.7. The van der Waals surface area contributed by atoms with Crippen LogP contribution >= 0.6 is 12.2 Å². The average Bonchev–Trinajstić information content (AvgIpc) is 2.66. The molecule has 0 unspecified atom stereocenters. The minimum absolute atomic E-state index is 0.202. The Labute approximate surface area is 159 Å². The number of anilines is 1. The minimum Gasteiger partial charge on any atom is -0.492 e. The van der Waals surface area contributed by atoms with Crippen molar-refractivity contribution in [1.29, 1.82) is 0 Å². The summed E-state index contributed by atoms with van der Waals surface area (Å²) in [4.78, 5) is 4.48. The van der Waals surface area contributed by atoms with Gasteiger partial charge in [-0.2, -0.15) is 0 Å². The van der Waals surface area contributed by atoms with Crippen LogP contribution < -0.4 is 10.1 Å². The summed E-state index contributed by atoms with van der Waals surface area (Å²) in [6, 6.07) is 14.5. The molecule has 3 rings (SSSR count). The van der Waals surface area contributed by atoms with Gasteiger partial charge in [0.2, 0.25) is 0 Å². The highest BCUT2D eigenvalue weighted by Crippen LogP contribution is 2.24. The number of hydrogen-bond donors (Lipinski definition) is 1. The molecule has 0 radical (unpaired) electrons. The Morgan fingerprint density at radius 2 is 1.92 bits per heavy atom. The molecule has 0 spiro atoms. The van der Waals surface area contributed by atoms with Gasteiger partial charge in [-0.25, -0.2) is 4.39 Å². The molecule has 138 valence electrons. The fourth-order valence-electron chi connectivity index (χ4n) is 3.06. The van der Waals surface area contributed by atoms with Crippen LogP contribution in [0.4, 0.5) is 10.1 Å². The first-order valence-electron chi connectivity index (χ1n) is 8.90. The van der Waals surface area contributed by atoms with Crippen molar-refractivity contribution < 1.29 is 9.13 Å². The first-order chi connectivity index (χ1) is 12.7. The molecule has 6 heteroatoms. The van der Waals surface area contributed by atoms with E-state index in [9.17, 15) is 4.39 Å². The van der Waals surface area contributed by atoms with Crippen LogP contribution in [0.15, 0.2) is 48.5 Å². The molecule has 1 aliphatic heterocycles. The molecule has 4 nitrogen and oxygen atoms in total. The smallest absolute Gasteiger partial charge is 0.174 e. The Balaban J connectivity index is 1.60. The molecule has 1 saturated heterocycles. The summed E-state index contributed by atoms with van der Waals surface area (Å²) in [6.07, 6.45) is 1.04. The number of nitrogens with one attached hydrogen (secondary N) is 1. The van der Waals surface area contributed by atoms with E-state index in [1.54, 1.807) is 0 Å². The third-order valence-electron chi connectivity index (χ3n) is 4.31. The molecule has 1 N–H and O–H groups in total. The van der Waals surface area contributed by atoms with E-state index in [4.69, 9.17) is 17.0 Å². The number of nitrogens with zero attached hydrogens (tertiary/aromatic N) is 2. The summed E-state index contributed by atoms with van der Waals surface area (Å²) in [7, 11) is 0. The van der Waals surface area contributed by atoms with Gasteiger partial charge in [0.1, 0.15) is 11.6 Å². The van der Waals surface area contributed by atoms with E-state index in [1.807, 2.05) is 43.3 Å². The largest absolute Gasteiger partial charge is 0.492 e. The zero-order valence-corrected chi connectivity index (χ0v) is 15.8. The fourth-order valence-corrected chi connectivity index (χ4v) is 3.32. The first-order valence-corrected chi connectivity index (χ1v) is 9.31. The van der Waals surface area contributed by atoms with E-state index in [1.165, 1.54) is 12.1 Å². The zero-order chi connectivity index (χ0) is 18.4. The van der Waals surface area contributed by atoms with Crippen LogP contribution in [0.5, 0.6) is 5.75 Å². The van der Waals surface area contributed by atoms with Gasteiger partial charge in [0.25, 0.3) is 0 Å². The maximum absolute atomic E-state index is 13.1. The predicted octanol–water partition coefficient (Wildman–Crippen LogP) is 4.09. The summed E-state index contributed by atoms with van der Waals surface area (Å²) in [5.41, 5.74) is 1.99. The van der Waals surface area contributed by atoms with Gasteiger partial charge >= 0.3 is 0 Å². The number of benzene rings is 2. The minimum atomic E-state index is -0.202. The van der Waals surface area contributed by atoms with Gasteiger partial charge in [-0.3, -0.25) is 4.90 Å². The van der Waals surface area contributed by atoms with Crippen molar-refractivity contribution in [2.24, 2.45) is 0 Å². The SMILES string of the molecule is CCOc1ccccc1NC(=S)N1CCCN(Cc2ccc(F)cc2)C1. The van der Waals surface area contributed by atoms with Crippen molar-refractivity contribution in [3.63, 3.8) is 0 Å². The molecule has 0 aliphatic carbocycles. The Morgan fingerprint density at radius 1 is 1.15 bits per heavy atom. The van der Waals surface area contributed by atoms with Crippen LogP contribution in [0.2, 0.25) is 0 Å². The molecule has 0 aromatic heterocycles. The summed E-state index contributed by atoms with van der Waals surface area (Å²) >= 11 is 5.62. The highest BCUT2D eigenvalue weighted by Gasteiger charge is 2.20. The van der Waals surface area contributed by atoms with Crippen molar-refractivity contribution in [2.45, 2.75) is 19.9 Å². The lowest BCUT2D eigenvalue weighted by Crippen LogP contribution is -2.48. The second-order valence-electron chi connectivity index (χ2n) is 6.30. The summed E-state index contributed by atoms with van der Waals surface area (Å²) in [5.74, 6) is 0.602. The van der Waals surface area contributed by atoms with E-state index in [-0.39, 0.29) is 5.82 Å². The van der Waals surface area contributed by atoms with Gasteiger partial charge in [-0.1, -0.05) is 24.3 Å². The monoisotopic (exact) mass is 373 g/mol. The van der Waals surface area contributed by atoms with Crippen LogP contribution in [-0.4, -0.2) is 41.3 Å². The van der Waals surface area contributed by atoms with Gasteiger partial charge in [0.15, 0.2) is 5.11 Å². The van der Waals surface area contributed by atoms with Crippen molar-refractivity contribution in [1.82, 2.24) is 9.80 Å². The lowest BCUT2D eigenvalue weighted by atomic mass is 10.2. The van der Waals surface area contributed by atoms with Crippen LogP contribution in [0, 0.1) is 5.82 Å². The summed E-state index contributed by atoms with van der Waals surface area (Å²) in [5, 5.41) is 4.01. The highest BCUT2D eigenvalue weighted by atomic mass is 32.1. The van der Waals surface area contributed by atoms with E-state index in [0.717, 1.165) is 49.7 Å². The fraction of sp³-hybridized carbons (Fsp3) is 0.350. The molecule has 1 fully saturated rings. The maximum atomic E-state index is 13.1. The van der Waals surface area contributed by atoms with E-state index < -0.39 is 0 Å². The number of rotatable bonds is 5. The van der Waals surface area contributed by atoms with Crippen molar-refractivity contribution in [2.75, 3.05) is 31.7 Å². The van der Waals surface area contributed by atoms with Crippen LogP contribution in [0.3, 0.4) is 0 Å². The van der Waals surface area contributed by atoms with E-state index in [2.05, 4.69) is 15.1 Å². The Hall–Kier alpha value is -2.18. The topological polar surface area (TPSA) is 27.7 Å². The molecule has 0 saturated carbocycles. The quantitative estimate of drug-likeness (QED) is 0.797. The van der Waals surface area contributed by atoms with E-state index in [0.29, 0.717) is 11.7 Å². The molecule has 1 heterocycles. The van der Waals surface area contributed by atoms with Gasteiger partial charge in [0.05, 0.1) is 19.0 Å². The second-order valence-corrected chi connectivity index (χ2v) is 6.68. The normalized spacial score (nSPS) is 14.9. The molecule has 2 aromatic carbocycles. The lowest BCUT2D eigenvalue weighted by Gasteiger charge is -2.37. The molecule has 0 amide bonds. The maximum Gasteiger partial charge on any atom is 0.174 e. The van der Waals surface area contributed by atoms with Gasteiger partial charge in [0, 0.05) is 19.6 Å². The third-order valence-corrected chi connectivity index (χ3v) is 4.67. The zero-order valence-electron chi connectivity index (χ0n) is 15.0. The van der Waals surface area contributed by atoms with Crippen LogP contribution in [0.25, 0.3) is 0 Å². The third kappa shape index (κ3) is 4.93. The van der Waals surface area contributed by atoms with Crippen molar-refractivity contribution in [3.8, 4) is 5.75 Å². The number of ether oxygens (including phenoxy) is 1. The number of para-hydroxylation sites is 2. The Bertz CT molecular complexity index is 738. The van der Waals surface area contributed by atoms with Gasteiger partial charge in [-0.15, -0.1) is 0 Å². The van der Waals surface area contributed by atoms with Crippen LogP contribution in [-0.2, 0) is 6.54 Å². The summed E-state index contributed by atoms with van der Waals surface area (Å²) in [6.45, 7) is 6.04. The molecule has 26 heavy (non-hydrogen) atoms. The molecular formula is C20H24FN3OS. The lowest BCUT2D eigenvalue weighted by molar-refractivity contribution is 0.134. The standard InChI is InChI=1S/C20H24FN3OS/c1-2-25-19-7-4-3-6-18(19)22-20(26)24-13-5-12-23(15-24)14-16-8-10-17(21)11-9-16/h3-4,6-11H,2,5,12-15H2,1H3,(H,22,26). The number of thiocarbonyl (C=S) groups is 1. The number of halogens is 1. The number of hydrogen-bond acceptors (Lipinski definition) is 3. The molecule has 1 aliphatic rings. The van der Waals surface area contributed by atoms with Crippen LogP contribution in [0.1, 0.15) is 18.9 Å². The Kier molecular flexibility index (Phi) is 6.41. The Morgan fingerprint density at radius 3 is 2.69 bits per heavy atom. The van der Waals surface area contributed by atoms with Gasteiger partial charge < -0.3 is 15.0 Å². The van der Waals surface area contributed by atoms with Crippen molar-refractivity contribution >= 4 is 23.0 Å². The van der Waals surface area contributed by atoms with Gasteiger partial charge in [-0.05, 0) is 55.4 Å². The molecule has 2 aromatic rings. The molecule has 0 atom stereocenters. The second kappa shape index (κ2) is 8.96. The first kappa shape index (κ1) is 18.6. The van der Waals surface area contributed by atoms with Crippen molar-refractivity contribution in [3.05, 3.63) is 59.9 Å². The average molecular weight is 373 g/mol.